The fourth-order valence-corrected chi connectivity index (χ4v) is 2.63. The molecule has 0 aromatic carbocycles. The summed E-state index contributed by atoms with van der Waals surface area (Å²) in [4.78, 5) is 1.18. The van der Waals surface area contributed by atoms with Crippen molar-refractivity contribution in [3.8, 4) is 11.8 Å². The van der Waals surface area contributed by atoms with E-state index in [0.717, 1.165) is 22.0 Å². The van der Waals surface area contributed by atoms with E-state index in [4.69, 9.17) is 17.3 Å². The van der Waals surface area contributed by atoms with E-state index < -0.39 is 0 Å². The second-order valence-corrected chi connectivity index (χ2v) is 5.28. The van der Waals surface area contributed by atoms with Crippen LogP contribution in [0.1, 0.15) is 21.8 Å². The van der Waals surface area contributed by atoms with Gasteiger partial charge in [0, 0.05) is 10.4 Å². The number of nitrogens with zero attached hydrogens (tertiary/aromatic N) is 2. The minimum absolute atomic E-state index is 0.376. The molecule has 2 aromatic heterocycles. The van der Waals surface area contributed by atoms with Crippen LogP contribution in [0.3, 0.4) is 0 Å². The highest BCUT2D eigenvalue weighted by atomic mass is 35.5. The summed E-state index contributed by atoms with van der Waals surface area (Å²) in [6, 6.07) is 2.01. The third kappa shape index (κ3) is 2.59. The Morgan fingerprint density at radius 3 is 2.89 bits per heavy atom. The molecular formula is C13H14ClN3S. The van der Waals surface area contributed by atoms with Crippen molar-refractivity contribution in [3.63, 3.8) is 0 Å². The van der Waals surface area contributed by atoms with Gasteiger partial charge in [-0.05, 0) is 25.3 Å². The first kappa shape index (κ1) is 13.2. The summed E-state index contributed by atoms with van der Waals surface area (Å²) in [6.07, 6.45) is 0. The van der Waals surface area contributed by atoms with Gasteiger partial charge in [0.1, 0.15) is 0 Å². The van der Waals surface area contributed by atoms with Crippen LogP contribution in [0.4, 0.5) is 0 Å². The summed E-state index contributed by atoms with van der Waals surface area (Å²) in [5, 5.41) is 7.19. The molecule has 2 aromatic rings. The summed E-state index contributed by atoms with van der Waals surface area (Å²) in [7, 11) is 0. The topological polar surface area (TPSA) is 43.8 Å². The first-order valence-corrected chi connectivity index (χ1v) is 6.84. The molecule has 2 rings (SSSR count). The summed E-state index contributed by atoms with van der Waals surface area (Å²) in [5.74, 6) is 5.95. The fourth-order valence-electron chi connectivity index (χ4n) is 1.69. The largest absolute Gasteiger partial charge is 0.320 e. The van der Waals surface area contributed by atoms with Crippen LogP contribution in [0.5, 0.6) is 0 Å². The fraction of sp³-hybridized carbons (Fsp3) is 0.308. The maximum Gasteiger partial charge on any atom is 0.0844 e. The van der Waals surface area contributed by atoms with Crippen LogP contribution >= 0.6 is 22.9 Å². The standard InChI is InChI=1S/C13H14ClN3S/c1-9-13(14)10(2)17(16-9)8-12-11(4-3-6-15)5-7-18-12/h5,7H,6,8,15H2,1-2H3. The van der Waals surface area contributed by atoms with E-state index in [1.54, 1.807) is 11.3 Å². The van der Waals surface area contributed by atoms with Crippen molar-refractivity contribution in [3.05, 3.63) is 38.3 Å². The molecule has 0 saturated carbocycles. The molecule has 0 unspecified atom stereocenters. The lowest BCUT2D eigenvalue weighted by Crippen LogP contribution is -2.03. The van der Waals surface area contributed by atoms with Crippen molar-refractivity contribution >= 4 is 22.9 Å². The van der Waals surface area contributed by atoms with Gasteiger partial charge in [-0.3, -0.25) is 4.68 Å². The van der Waals surface area contributed by atoms with Crippen molar-refractivity contribution in [1.82, 2.24) is 9.78 Å². The molecule has 2 heterocycles. The molecule has 0 fully saturated rings. The van der Waals surface area contributed by atoms with Gasteiger partial charge >= 0.3 is 0 Å². The molecule has 94 valence electrons. The van der Waals surface area contributed by atoms with Gasteiger partial charge < -0.3 is 5.73 Å². The maximum atomic E-state index is 6.14. The minimum Gasteiger partial charge on any atom is -0.320 e. The predicted molar refractivity (Wildman–Crippen MR) is 76.1 cm³/mol. The van der Waals surface area contributed by atoms with E-state index in [0.29, 0.717) is 13.1 Å². The molecule has 3 nitrogen and oxygen atoms in total. The van der Waals surface area contributed by atoms with Gasteiger partial charge in [-0.25, -0.2) is 0 Å². The molecule has 0 amide bonds. The van der Waals surface area contributed by atoms with Gasteiger partial charge in [-0.1, -0.05) is 23.4 Å². The molecule has 0 radical (unpaired) electrons. The van der Waals surface area contributed by atoms with Crippen molar-refractivity contribution in [2.24, 2.45) is 5.73 Å². The molecule has 0 aliphatic heterocycles. The Hall–Kier alpha value is -1.28. The zero-order valence-corrected chi connectivity index (χ0v) is 11.9. The molecule has 0 atom stereocenters. The SMILES string of the molecule is Cc1nn(Cc2sccc2C#CCN)c(C)c1Cl. The first-order valence-electron chi connectivity index (χ1n) is 5.58. The van der Waals surface area contributed by atoms with Gasteiger partial charge in [-0.15, -0.1) is 11.3 Å². The molecule has 0 aliphatic rings. The van der Waals surface area contributed by atoms with Crippen molar-refractivity contribution in [1.29, 1.82) is 0 Å². The number of hydrogen-bond donors (Lipinski definition) is 1. The van der Waals surface area contributed by atoms with Crippen LogP contribution in [0, 0.1) is 25.7 Å². The normalized spacial score (nSPS) is 10.2. The van der Waals surface area contributed by atoms with E-state index in [1.165, 1.54) is 4.88 Å². The van der Waals surface area contributed by atoms with Gasteiger partial charge in [0.25, 0.3) is 0 Å². The predicted octanol–water partition coefficient (Wildman–Crippen LogP) is 2.57. The molecule has 18 heavy (non-hydrogen) atoms. The van der Waals surface area contributed by atoms with Crippen LogP contribution < -0.4 is 5.73 Å². The van der Waals surface area contributed by atoms with Crippen LogP contribution in [-0.4, -0.2) is 16.3 Å². The van der Waals surface area contributed by atoms with Crippen molar-refractivity contribution in [2.45, 2.75) is 20.4 Å². The van der Waals surface area contributed by atoms with Crippen molar-refractivity contribution in [2.75, 3.05) is 6.54 Å². The highest BCUT2D eigenvalue weighted by Crippen LogP contribution is 2.22. The highest BCUT2D eigenvalue weighted by Gasteiger charge is 2.11. The van der Waals surface area contributed by atoms with Crippen LogP contribution in [0.2, 0.25) is 5.02 Å². The average Bonchev–Trinajstić information content (AvgIpc) is 2.89. The first-order chi connectivity index (χ1) is 8.63. The molecular weight excluding hydrogens is 266 g/mol. The third-order valence-corrected chi connectivity index (χ3v) is 4.11. The maximum absolute atomic E-state index is 6.14. The summed E-state index contributed by atoms with van der Waals surface area (Å²) in [5.41, 5.74) is 8.26. The van der Waals surface area contributed by atoms with Crippen LogP contribution in [0.25, 0.3) is 0 Å². The van der Waals surface area contributed by atoms with Gasteiger partial charge in [0.15, 0.2) is 0 Å². The molecule has 5 heteroatoms. The smallest absolute Gasteiger partial charge is 0.0844 e. The summed E-state index contributed by atoms with van der Waals surface area (Å²) in [6.45, 7) is 4.96. The molecule has 0 spiro atoms. The number of rotatable bonds is 2. The Bertz CT molecular complexity index is 616. The van der Waals surface area contributed by atoms with E-state index in [1.807, 2.05) is 30.0 Å². The average molecular weight is 280 g/mol. The van der Waals surface area contributed by atoms with E-state index >= 15 is 0 Å². The Labute approximate surface area is 116 Å². The number of halogens is 1. The lowest BCUT2D eigenvalue weighted by Gasteiger charge is -2.03. The lowest BCUT2D eigenvalue weighted by molar-refractivity contribution is 0.665. The second kappa shape index (κ2) is 5.57. The molecule has 2 N–H and O–H groups in total. The quantitative estimate of drug-likeness (QED) is 0.859. The van der Waals surface area contributed by atoms with E-state index in [9.17, 15) is 0 Å². The van der Waals surface area contributed by atoms with Crippen LogP contribution in [0.15, 0.2) is 11.4 Å². The Morgan fingerprint density at radius 1 is 1.50 bits per heavy atom. The molecule has 0 aliphatic carbocycles. The number of aromatic nitrogens is 2. The third-order valence-electron chi connectivity index (χ3n) is 2.66. The number of aryl methyl sites for hydroxylation is 1. The lowest BCUT2D eigenvalue weighted by atomic mass is 10.2. The number of thiophene rings is 1. The number of nitrogens with two attached hydrogens (primary N) is 1. The van der Waals surface area contributed by atoms with Gasteiger partial charge in [0.2, 0.25) is 0 Å². The van der Waals surface area contributed by atoms with E-state index in [2.05, 4.69) is 16.9 Å². The van der Waals surface area contributed by atoms with Crippen LogP contribution in [-0.2, 0) is 6.54 Å². The van der Waals surface area contributed by atoms with Gasteiger partial charge in [-0.2, -0.15) is 5.10 Å². The Balaban J connectivity index is 2.29. The Morgan fingerprint density at radius 2 is 2.28 bits per heavy atom. The second-order valence-electron chi connectivity index (χ2n) is 3.91. The zero-order valence-electron chi connectivity index (χ0n) is 10.3. The van der Waals surface area contributed by atoms with Gasteiger partial charge in [0.05, 0.1) is 29.5 Å². The zero-order chi connectivity index (χ0) is 13.1. The Kier molecular flexibility index (Phi) is 4.07. The number of hydrogen-bond acceptors (Lipinski definition) is 3. The minimum atomic E-state index is 0.376. The summed E-state index contributed by atoms with van der Waals surface area (Å²) >= 11 is 7.81. The highest BCUT2D eigenvalue weighted by molar-refractivity contribution is 7.10. The summed E-state index contributed by atoms with van der Waals surface area (Å²) < 4.78 is 1.91. The molecule has 0 bridgehead atoms. The monoisotopic (exact) mass is 279 g/mol. The molecule has 0 saturated heterocycles. The van der Waals surface area contributed by atoms with Crippen molar-refractivity contribution < 1.29 is 0 Å². The van der Waals surface area contributed by atoms with E-state index in [-0.39, 0.29) is 0 Å².